The van der Waals surface area contributed by atoms with Crippen molar-refractivity contribution in [3.63, 3.8) is 0 Å². The van der Waals surface area contributed by atoms with Crippen molar-refractivity contribution in [2.75, 3.05) is 18.0 Å². The summed E-state index contributed by atoms with van der Waals surface area (Å²) in [5.74, 6) is 0. The van der Waals surface area contributed by atoms with Gasteiger partial charge in [-0.15, -0.1) is 11.3 Å². The Hall–Kier alpha value is -0.610. The third-order valence-corrected chi connectivity index (χ3v) is 4.54. The monoisotopic (exact) mass is 253 g/mol. The Balaban J connectivity index is 2.13. The van der Waals surface area contributed by atoms with Crippen molar-refractivity contribution >= 4 is 16.5 Å². The van der Waals surface area contributed by atoms with E-state index in [0.29, 0.717) is 12.1 Å². The van der Waals surface area contributed by atoms with Gasteiger partial charge >= 0.3 is 0 Å². The van der Waals surface area contributed by atoms with Gasteiger partial charge in [0.25, 0.3) is 0 Å². The van der Waals surface area contributed by atoms with Crippen LogP contribution in [0.15, 0.2) is 5.38 Å². The van der Waals surface area contributed by atoms with Gasteiger partial charge < -0.3 is 10.2 Å². The maximum atomic E-state index is 4.74. The van der Waals surface area contributed by atoms with Crippen molar-refractivity contribution in [3.8, 4) is 0 Å². The summed E-state index contributed by atoms with van der Waals surface area (Å²) in [6.07, 6.45) is 3.42. The van der Waals surface area contributed by atoms with E-state index in [2.05, 4.69) is 36.4 Å². The van der Waals surface area contributed by atoms with E-state index in [4.69, 9.17) is 4.98 Å². The van der Waals surface area contributed by atoms with Crippen molar-refractivity contribution < 1.29 is 0 Å². The molecule has 0 aliphatic carbocycles. The zero-order valence-electron chi connectivity index (χ0n) is 11.1. The zero-order valence-corrected chi connectivity index (χ0v) is 11.9. The lowest BCUT2D eigenvalue weighted by Crippen LogP contribution is -2.56. The molecule has 3 nitrogen and oxygen atoms in total. The van der Waals surface area contributed by atoms with E-state index in [1.165, 1.54) is 23.7 Å². The molecule has 2 heterocycles. The number of hydrogen-bond acceptors (Lipinski definition) is 4. The first-order valence-corrected chi connectivity index (χ1v) is 7.60. The summed E-state index contributed by atoms with van der Waals surface area (Å²) >= 11 is 1.80. The van der Waals surface area contributed by atoms with Crippen LogP contribution >= 0.6 is 11.3 Å². The Morgan fingerprint density at radius 3 is 2.82 bits per heavy atom. The van der Waals surface area contributed by atoms with Crippen LogP contribution in [0.3, 0.4) is 0 Å². The van der Waals surface area contributed by atoms with Gasteiger partial charge in [0.2, 0.25) is 0 Å². The average Bonchev–Trinajstić information content (AvgIpc) is 2.86. The Kier molecular flexibility index (Phi) is 4.40. The first-order chi connectivity index (χ1) is 8.28. The molecule has 4 heteroatoms. The third-order valence-electron chi connectivity index (χ3n) is 3.61. The van der Waals surface area contributed by atoms with E-state index in [1.807, 2.05) is 0 Å². The number of anilines is 1. The molecule has 0 aromatic carbocycles. The predicted molar refractivity (Wildman–Crippen MR) is 75.0 cm³/mol. The smallest absolute Gasteiger partial charge is 0.185 e. The average molecular weight is 253 g/mol. The minimum absolute atomic E-state index is 0.605. The van der Waals surface area contributed by atoms with Crippen LogP contribution in [0.4, 0.5) is 5.13 Å². The van der Waals surface area contributed by atoms with E-state index in [1.54, 1.807) is 11.3 Å². The van der Waals surface area contributed by atoms with E-state index >= 15 is 0 Å². The first kappa shape index (κ1) is 12.8. The molecule has 0 amide bonds. The minimum atomic E-state index is 0.605. The van der Waals surface area contributed by atoms with E-state index < -0.39 is 0 Å². The quantitative estimate of drug-likeness (QED) is 0.894. The van der Waals surface area contributed by atoms with E-state index in [0.717, 1.165) is 19.5 Å². The van der Waals surface area contributed by atoms with Crippen LogP contribution in [0.25, 0.3) is 0 Å². The molecule has 0 bridgehead atoms. The fourth-order valence-corrected chi connectivity index (χ4v) is 3.32. The highest BCUT2D eigenvalue weighted by molar-refractivity contribution is 7.13. The molecule has 0 radical (unpaired) electrons. The number of piperazine rings is 1. The van der Waals surface area contributed by atoms with Gasteiger partial charge in [-0.05, 0) is 19.3 Å². The van der Waals surface area contributed by atoms with Crippen LogP contribution in [0.1, 0.15) is 39.3 Å². The summed E-state index contributed by atoms with van der Waals surface area (Å²) in [4.78, 5) is 7.24. The number of thiazole rings is 1. The second-order valence-corrected chi connectivity index (χ2v) is 5.54. The molecular weight excluding hydrogens is 230 g/mol. The summed E-state index contributed by atoms with van der Waals surface area (Å²) in [5, 5.41) is 7.04. The number of aryl methyl sites for hydroxylation is 1. The molecule has 0 saturated carbocycles. The lowest BCUT2D eigenvalue weighted by Gasteiger charge is -2.39. The molecule has 2 rings (SSSR count). The molecule has 17 heavy (non-hydrogen) atoms. The topological polar surface area (TPSA) is 28.2 Å². The van der Waals surface area contributed by atoms with Gasteiger partial charge in [-0.3, -0.25) is 0 Å². The second kappa shape index (κ2) is 5.83. The summed E-state index contributed by atoms with van der Waals surface area (Å²) in [5.41, 5.74) is 1.23. The molecule has 1 aliphatic heterocycles. The lowest BCUT2D eigenvalue weighted by molar-refractivity contribution is 0.378. The summed E-state index contributed by atoms with van der Waals surface area (Å²) in [6.45, 7) is 8.88. The Morgan fingerprint density at radius 1 is 1.41 bits per heavy atom. The van der Waals surface area contributed by atoms with Crippen LogP contribution in [-0.4, -0.2) is 30.2 Å². The molecule has 96 valence electrons. The molecule has 1 N–H and O–H groups in total. The largest absolute Gasteiger partial charge is 0.342 e. The maximum Gasteiger partial charge on any atom is 0.185 e. The van der Waals surface area contributed by atoms with Gasteiger partial charge in [0, 0.05) is 30.6 Å². The normalized spacial score (nSPS) is 25.2. The highest BCUT2D eigenvalue weighted by atomic mass is 32.1. The van der Waals surface area contributed by atoms with Crippen LogP contribution in [0, 0.1) is 0 Å². The first-order valence-electron chi connectivity index (χ1n) is 6.72. The van der Waals surface area contributed by atoms with Gasteiger partial charge in [-0.25, -0.2) is 4.98 Å². The molecule has 1 aromatic rings. The fraction of sp³-hybridized carbons (Fsp3) is 0.769. The van der Waals surface area contributed by atoms with Gasteiger partial charge in [-0.2, -0.15) is 0 Å². The number of nitrogens with zero attached hydrogens (tertiary/aromatic N) is 2. The Morgan fingerprint density at radius 2 is 2.24 bits per heavy atom. The third kappa shape index (κ3) is 2.80. The molecule has 1 aliphatic rings. The molecule has 2 unspecified atom stereocenters. The van der Waals surface area contributed by atoms with Crippen LogP contribution in [0.2, 0.25) is 0 Å². The number of hydrogen-bond donors (Lipinski definition) is 1. The number of aromatic nitrogens is 1. The molecule has 1 aromatic heterocycles. The molecular formula is C13H23N3S. The Bertz CT molecular complexity index is 350. The van der Waals surface area contributed by atoms with Gasteiger partial charge in [0.15, 0.2) is 5.13 Å². The summed E-state index contributed by atoms with van der Waals surface area (Å²) < 4.78 is 0. The summed E-state index contributed by atoms with van der Waals surface area (Å²) in [7, 11) is 0. The Labute approximate surface area is 108 Å². The van der Waals surface area contributed by atoms with Crippen molar-refractivity contribution in [3.05, 3.63) is 11.1 Å². The van der Waals surface area contributed by atoms with Crippen molar-refractivity contribution in [2.24, 2.45) is 0 Å². The molecule has 0 spiro atoms. The zero-order chi connectivity index (χ0) is 12.3. The summed E-state index contributed by atoms with van der Waals surface area (Å²) in [6, 6.07) is 1.22. The van der Waals surface area contributed by atoms with Gasteiger partial charge in [-0.1, -0.05) is 20.8 Å². The SMILES string of the molecule is CCc1csc(N2CC(CC)NCC2CC)n1. The van der Waals surface area contributed by atoms with Crippen LogP contribution in [0.5, 0.6) is 0 Å². The highest BCUT2D eigenvalue weighted by Gasteiger charge is 2.27. The predicted octanol–water partition coefficient (Wildman–Crippen LogP) is 2.67. The second-order valence-electron chi connectivity index (χ2n) is 4.70. The minimum Gasteiger partial charge on any atom is -0.342 e. The number of nitrogens with one attached hydrogen (secondary N) is 1. The highest BCUT2D eigenvalue weighted by Crippen LogP contribution is 2.26. The van der Waals surface area contributed by atoms with Crippen molar-refractivity contribution in [1.29, 1.82) is 0 Å². The van der Waals surface area contributed by atoms with Crippen molar-refractivity contribution in [2.45, 2.75) is 52.1 Å². The van der Waals surface area contributed by atoms with Crippen LogP contribution < -0.4 is 10.2 Å². The van der Waals surface area contributed by atoms with Gasteiger partial charge in [0.05, 0.1) is 5.69 Å². The van der Waals surface area contributed by atoms with E-state index in [-0.39, 0.29) is 0 Å². The van der Waals surface area contributed by atoms with E-state index in [9.17, 15) is 0 Å². The number of rotatable bonds is 4. The lowest BCUT2D eigenvalue weighted by atomic mass is 10.1. The standard InChI is InChI=1S/C13H23N3S/c1-4-10-8-16(12(6-3)7-14-10)13-15-11(5-2)9-17-13/h9-10,12,14H,4-8H2,1-3H3. The van der Waals surface area contributed by atoms with Crippen LogP contribution in [-0.2, 0) is 6.42 Å². The molecule has 1 saturated heterocycles. The molecule has 1 fully saturated rings. The van der Waals surface area contributed by atoms with Crippen molar-refractivity contribution in [1.82, 2.24) is 10.3 Å². The maximum absolute atomic E-state index is 4.74. The fourth-order valence-electron chi connectivity index (χ4n) is 2.33. The molecule has 2 atom stereocenters. The van der Waals surface area contributed by atoms with Gasteiger partial charge in [0.1, 0.15) is 0 Å².